The normalized spacial score (nSPS) is 10.6. The summed E-state index contributed by atoms with van der Waals surface area (Å²) in [4.78, 5) is 12.7. The number of hydrogen-bond acceptors (Lipinski definition) is 5. The molecule has 0 radical (unpaired) electrons. The molecule has 29 heavy (non-hydrogen) atoms. The van der Waals surface area contributed by atoms with E-state index in [1.807, 2.05) is 6.07 Å². The number of unbranched alkanes of at least 4 members (excludes halogenated alkanes) is 1. The molecule has 1 heterocycles. The Kier molecular flexibility index (Phi) is 6.92. The Morgan fingerprint density at radius 3 is 2.55 bits per heavy atom. The van der Waals surface area contributed by atoms with Crippen LogP contribution in [0.4, 0.5) is 5.69 Å². The summed E-state index contributed by atoms with van der Waals surface area (Å²) in [5, 5.41) is 12.1. The van der Waals surface area contributed by atoms with Crippen molar-refractivity contribution in [3.8, 4) is 22.8 Å². The van der Waals surface area contributed by atoms with E-state index in [4.69, 9.17) is 13.9 Å². The minimum Gasteiger partial charge on any atom is -0.495 e. The van der Waals surface area contributed by atoms with Crippen LogP contribution < -0.4 is 14.8 Å². The van der Waals surface area contributed by atoms with Crippen molar-refractivity contribution in [3.63, 3.8) is 0 Å². The van der Waals surface area contributed by atoms with E-state index in [0.717, 1.165) is 24.2 Å². The van der Waals surface area contributed by atoms with Crippen LogP contribution in [-0.4, -0.2) is 24.7 Å². The first-order chi connectivity index (χ1) is 14.1. The highest BCUT2D eigenvalue weighted by molar-refractivity contribution is 6.05. The molecule has 0 spiro atoms. The lowest BCUT2D eigenvalue weighted by Crippen LogP contribution is -2.12. The summed E-state index contributed by atoms with van der Waals surface area (Å²) in [6.07, 6.45) is 2.06. The van der Waals surface area contributed by atoms with E-state index in [-0.39, 0.29) is 12.5 Å². The second-order valence-electron chi connectivity index (χ2n) is 6.52. The molecular formula is C23H25NO5. The predicted molar refractivity (Wildman–Crippen MR) is 111 cm³/mol. The number of ether oxygens (including phenoxy) is 2. The smallest absolute Gasteiger partial charge is 0.255 e. The van der Waals surface area contributed by atoms with Crippen LogP contribution in [0.1, 0.15) is 35.9 Å². The summed E-state index contributed by atoms with van der Waals surface area (Å²) < 4.78 is 16.6. The zero-order chi connectivity index (χ0) is 20.6. The molecule has 6 heteroatoms. The molecular weight excluding hydrogens is 370 g/mol. The summed E-state index contributed by atoms with van der Waals surface area (Å²) in [7, 11) is 1.55. The van der Waals surface area contributed by atoms with Gasteiger partial charge in [0.25, 0.3) is 5.91 Å². The maximum absolute atomic E-state index is 12.7. The maximum atomic E-state index is 12.7. The average Bonchev–Trinajstić information content (AvgIpc) is 3.24. The third-order valence-electron chi connectivity index (χ3n) is 4.43. The van der Waals surface area contributed by atoms with Crippen LogP contribution >= 0.6 is 0 Å². The zero-order valence-corrected chi connectivity index (χ0v) is 16.6. The molecule has 2 N–H and O–H groups in total. The van der Waals surface area contributed by atoms with Crippen molar-refractivity contribution in [2.75, 3.05) is 19.0 Å². The second-order valence-corrected chi connectivity index (χ2v) is 6.52. The summed E-state index contributed by atoms with van der Waals surface area (Å²) in [5.41, 5.74) is 1.81. The standard InChI is InChI=1S/C23H25NO5/c1-3-4-13-28-18-8-5-16(6-9-18)23(26)24-20-14-17(7-11-22(20)27-2)21-12-10-19(15-25)29-21/h5-12,14,25H,3-4,13,15H2,1-2H3,(H,24,26). The zero-order valence-electron chi connectivity index (χ0n) is 16.6. The quantitative estimate of drug-likeness (QED) is 0.505. The highest BCUT2D eigenvalue weighted by Gasteiger charge is 2.13. The monoisotopic (exact) mass is 395 g/mol. The third-order valence-corrected chi connectivity index (χ3v) is 4.43. The van der Waals surface area contributed by atoms with E-state index in [2.05, 4.69) is 12.2 Å². The van der Waals surface area contributed by atoms with Gasteiger partial charge in [-0.15, -0.1) is 0 Å². The molecule has 6 nitrogen and oxygen atoms in total. The molecule has 0 aliphatic heterocycles. The van der Waals surface area contributed by atoms with E-state index < -0.39 is 0 Å². The van der Waals surface area contributed by atoms with Crippen LogP contribution in [0.25, 0.3) is 11.3 Å². The lowest BCUT2D eigenvalue weighted by atomic mass is 10.1. The number of carbonyl (C=O) groups is 1. The second kappa shape index (κ2) is 9.80. The number of benzene rings is 2. The summed E-state index contributed by atoms with van der Waals surface area (Å²) in [6.45, 7) is 2.60. The number of nitrogens with one attached hydrogen (secondary N) is 1. The number of methoxy groups -OCH3 is 1. The number of anilines is 1. The minimum absolute atomic E-state index is 0.169. The largest absolute Gasteiger partial charge is 0.495 e. The van der Waals surface area contributed by atoms with Gasteiger partial charge in [0.2, 0.25) is 0 Å². The lowest BCUT2D eigenvalue weighted by molar-refractivity contribution is 0.102. The van der Waals surface area contributed by atoms with Gasteiger partial charge in [0.15, 0.2) is 0 Å². The molecule has 2 aromatic carbocycles. The number of rotatable bonds is 9. The van der Waals surface area contributed by atoms with Gasteiger partial charge in [-0.3, -0.25) is 4.79 Å². The number of aliphatic hydroxyl groups is 1. The van der Waals surface area contributed by atoms with Gasteiger partial charge in [-0.25, -0.2) is 0 Å². The Bertz CT molecular complexity index is 946. The van der Waals surface area contributed by atoms with Crippen LogP contribution in [0.2, 0.25) is 0 Å². The highest BCUT2D eigenvalue weighted by atomic mass is 16.5. The van der Waals surface area contributed by atoms with Crippen LogP contribution in [0.15, 0.2) is 59.0 Å². The van der Waals surface area contributed by atoms with Crippen molar-refractivity contribution in [3.05, 3.63) is 65.9 Å². The lowest BCUT2D eigenvalue weighted by Gasteiger charge is -2.12. The van der Waals surface area contributed by atoms with Crippen molar-refractivity contribution in [1.82, 2.24) is 0 Å². The molecule has 0 aliphatic carbocycles. The van der Waals surface area contributed by atoms with Crippen molar-refractivity contribution < 1.29 is 23.8 Å². The predicted octanol–water partition coefficient (Wildman–Crippen LogP) is 4.88. The topological polar surface area (TPSA) is 80.9 Å². The van der Waals surface area contributed by atoms with E-state index in [0.29, 0.717) is 35.1 Å². The number of carbonyl (C=O) groups excluding carboxylic acids is 1. The minimum atomic E-state index is -0.254. The van der Waals surface area contributed by atoms with Crippen LogP contribution in [0.3, 0.4) is 0 Å². The molecule has 3 aromatic rings. The molecule has 0 saturated carbocycles. The number of hydrogen-bond donors (Lipinski definition) is 2. The van der Waals surface area contributed by atoms with Gasteiger partial charge in [-0.05, 0) is 61.0 Å². The maximum Gasteiger partial charge on any atom is 0.255 e. The van der Waals surface area contributed by atoms with Crippen LogP contribution in [-0.2, 0) is 6.61 Å². The Hall–Kier alpha value is -3.25. The average molecular weight is 395 g/mol. The molecule has 152 valence electrons. The molecule has 1 amide bonds. The summed E-state index contributed by atoms with van der Waals surface area (Å²) >= 11 is 0. The molecule has 0 fully saturated rings. The van der Waals surface area contributed by atoms with Crippen LogP contribution in [0.5, 0.6) is 11.5 Å². The SMILES string of the molecule is CCCCOc1ccc(C(=O)Nc2cc(-c3ccc(CO)o3)ccc2OC)cc1. The van der Waals surface area contributed by atoms with Crippen molar-refractivity contribution in [1.29, 1.82) is 0 Å². The van der Waals surface area contributed by atoms with E-state index >= 15 is 0 Å². The molecule has 0 aliphatic rings. The van der Waals surface area contributed by atoms with Crippen LogP contribution in [0, 0.1) is 0 Å². The molecule has 0 unspecified atom stereocenters. The number of furan rings is 1. The van der Waals surface area contributed by atoms with Crippen molar-refractivity contribution in [2.24, 2.45) is 0 Å². The van der Waals surface area contributed by atoms with E-state index in [1.165, 1.54) is 0 Å². The fourth-order valence-electron chi connectivity index (χ4n) is 2.81. The third kappa shape index (κ3) is 5.18. The Balaban J connectivity index is 1.75. The molecule has 0 bridgehead atoms. The van der Waals surface area contributed by atoms with Gasteiger partial charge in [-0.2, -0.15) is 0 Å². The van der Waals surface area contributed by atoms with E-state index in [9.17, 15) is 9.90 Å². The molecule has 0 saturated heterocycles. The van der Waals surface area contributed by atoms with Gasteiger partial charge in [0.1, 0.15) is 29.6 Å². The van der Waals surface area contributed by atoms with Gasteiger partial charge in [-0.1, -0.05) is 13.3 Å². The Morgan fingerprint density at radius 1 is 1.10 bits per heavy atom. The first-order valence-electron chi connectivity index (χ1n) is 9.56. The Labute approximate surface area is 170 Å². The molecule has 0 atom stereocenters. The first-order valence-corrected chi connectivity index (χ1v) is 9.56. The highest BCUT2D eigenvalue weighted by Crippen LogP contribution is 2.32. The number of amides is 1. The van der Waals surface area contributed by atoms with Gasteiger partial charge in [0.05, 0.1) is 19.4 Å². The molecule has 1 aromatic heterocycles. The van der Waals surface area contributed by atoms with Crippen molar-refractivity contribution in [2.45, 2.75) is 26.4 Å². The molecule has 3 rings (SSSR count). The number of aliphatic hydroxyl groups excluding tert-OH is 1. The van der Waals surface area contributed by atoms with Gasteiger partial charge < -0.3 is 24.3 Å². The fourth-order valence-corrected chi connectivity index (χ4v) is 2.81. The fraction of sp³-hybridized carbons (Fsp3) is 0.261. The summed E-state index contributed by atoms with van der Waals surface area (Å²) in [6, 6.07) is 15.9. The van der Waals surface area contributed by atoms with E-state index in [1.54, 1.807) is 55.6 Å². The van der Waals surface area contributed by atoms with Gasteiger partial charge in [0, 0.05) is 11.1 Å². The van der Waals surface area contributed by atoms with Crippen molar-refractivity contribution >= 4 is 11.6 Å². The Morgan fingerprint density at radius 2 is 1.90 bits per heavy atom. The summed E-state index contributed by atoms with van der Waals surface area (Å²) in [5.74, 6) is 2.10. The first kappa shape index (κ1) is 20.5. The van der Waals surface area contributed by atoms with Gasteiger partial charge >= 0.3 is 0 Å².